The molecular formula is C16H17ClFN. The number of nitrogens with one attached hydrogen (secondary N) is 1. The Hall–Kier alpha value is -1.54. The van der Waals surface area contributed by atoms with E-state index in [-0.39, 0.29) is 5.82 Å². The molecule has 0 heterocycles. The van der Waals surface area contributed by atoms with Crippen molar-refractivity contribution in [3.8, 4) is 0 Å². The molecule has 19 heavy (non-hydrogen) atoms. The van der Waals surface area contributed by atoms with Crippen LogP contribution in [0.15, 0.2) is 48.5 Å². The third-order valence-corrected chi connectivity index (χ3v) is 3.53. The smallest absolute Gasteiger partial charge is 0.147 e. The van der Waals surface area contributed by atoms with Gasteiger partial charge < -0.3 is 5.32 Å². The monoisotopic (exact) mass is 277 g/mol. The van der Waals surface area contributed by atoms with E-state index >= 15 is 0 Å². The number of hydrogen-bond donors (Lipinski definition) is 1. The molecule has 3 heteroatoms. The molecule has 0 saturated carbocycles. The zero-order chi connectivity index (χ0) is 13.7. The third-order valence-electron chi connectivity index (χ3n) is 3.21. The largest absolute Gasteiger partial charge is 0.381 e. The fraction of sp³-hybridized carbons (Fsp3) is 0.250. The first-order valence-corrected chi connectivity index (χ1v) is 6.79. The Labute approximate surface area is 118 Å². The zero-order valence-electron chi connectivity index (χ0n) is 10.9. The summed E-state index contributed by atoms with van der Waals surface area (Å²) in [6.45, 7) is 2.86. The highest BCUT2D eigenvalue weighted by Crippen LogP contribution is 2.25. The maximum Gasteiger partial charge on any atom is 0.147 e. The zero-order valence-corrected chi connectivity index (χ0v) is 11.6. The van der Waals surface area contributed by atoms with Crippen LogP contribution in [-0.2, 0) is 0 Å². The van der Waals surface area contributed by atoms with Crippen molar-refractivity contribution >= 4 is 17.3 Å². The van der Waals surface area contributed by atoms with Gasteiger partial charge in [-0.25, -0.2) is 4.39 Å². The van der Waals surface area contributed by atoms with E-state index in [2.05, 4.69) is 24.4 Å². The van der Waals surface area contributed by atoms with Crippen molar-refractivity contribution in [2.75, 3.05) is 11.9 Å². The van der Waals surface area contributed by atoms with Crippen LogP contribution in [0.4, 0.5) is 10.1 Å². The maximum atomic E-state index is 13.6. The summed E-state index contributed by atoms with van der Waals surface area (Å²) in [4.78, 5) is 0. The standard InChI is InChI=1S/C16H17ClFN/c1-12(13-6-3-2-4-7-13)10-11-19-16-14(17)8-5-9-15(16)18/h2-9,12,19H,10-11H2,1H3. The number of halogens is 2. The van der Waals surface area contributed by atoms with E-state index in [9.17, 15) is 4.39 Å². The second kappa shape index (κ2) is 6.58. The minimum absolute atomic E-state index is 0.306. The predicted octanol–water partition coefficient (Wildman–Crippen LogP) is 5.08. The highest BCUT2D eigenvalue weighted by Gasteiger charge is 2.08. The van der Waals surface area contributed by atoms with E-state index in [1.165, 1.54) is 11.6 Å². The molecule has 0 fully saturated rings. The predicted molar refractivity (Wildman–Crippen MR) is 79.4 cm³/mol. The number of anilines is 1. The molecule has 1 atom stereocenters. The van der Waals surface area contributed by atoms with E-state index in [0.717, 1.165) is 6.42 Å². The second-order valence-electron chi connectivity index (χ2n) is 4.62. The second-order valence-corrected chi connectivity index (χ2v) is 5.03. The third kappa shape index (κ3) is 3.71. The van der Waals surface area contributed by atoms with Crippen LogP contribution in [-0.4, -0.2) is 6.54 Å². The highest BCUT2D eigenvalue weighted by molar-refractivity contribution is 6.33. The number of para-hydroxylation sites is 1. The fourth-order valence-corrected chi connectivity index (χ4v) is 2.26. The topological polar surface area (TPSA) is 12.0 Å². The summed E-state index contributed by atoms with van der Waals surface area (Å²) in [5.74, 6) is 0.124. The van der Waals surface area contributed by atoms with Crippen molar-refractivity contribution in [2.45, 2.75) is 19.3 Å². The van der Waals surface area contributed by atoms with Gasteiger partial charge in [-0.15, -0.1) is 0 Å². The molecule has 1 nitrogen and oxygen atoms in total. The van der Waals surface area contributed by atoms with Crippen molar-refractivity contribution < 1.29 is 4.39 Å². The molecule has 0 aromatic heterocycles. The van der Waals surface area contributed by atoms with Crippen molar-refractivity contribution in [1.29, 1.82) is 0 Å². The van der Waals surface area contributed by atoms with E-state index in [0.29, 0.717) is 23.2 Å². The maximum absolute atomic E-state index is 13.6. The SMILES string of the molecule is CC(CCNc1c(F)cccc1Cl)c1ccccc1. The van der Waals surface area contributed by atoms with Crippen molar-refractivity contribution in [3.05, 3.63) is 64.9 Å². The Bertz CT molecular complexity index is 507. The molecule has 0 radical (unpaired) electrons. The quantitative estimate of drug-likeness (QED) is 0.803. The van der Waals surface area contributed by atoms with Crippen LogP contribution in [0.1, 0.15) is 24.8 Å². The lowest BCUT2D eigenvalue weighted by molar-refractivity contribution is 0.627. The van der Waals surface area contributed by atoms with E-state index in [4.69, 9.17) is 11.6 Å². The Kier molecular flexibility index (Phi) is 4.80. The molecule has 0 aliphatic heterocycles. The van der Waals surface area contributed by atoms with Gasteiger partial charge in [-0.1, -0.05) is 54.9 Å². The first-order valence-electron chi connectivity index (χ1n) is 6.41. The van der Waals surface area contributed by atoms with Crippen molar-refractivity contribution in [3.63, 3.8) is 0 Å². The van der Waals surface area contributed by atoms with Gasteiger partial charge >= 0.3 is 0 Å². The molecule has 0 aliphatic carbocycles. The van der Waals surface area contributed by atoms with Crippen LogP contribution < -0.4 is 5.32 Å². The summed E-state index contributed by atoms with van der Waals surface area (Å²) < 4.78 is 13.6. The van der Waals surface area contributed by atoms with E-state index < -0.39 is 0 Å². The van der Waals surface area contributed by atoms with Gasteiger partial charge in [0.15, 0.2) is 0 Å². The summed E-state index contributed by atoms with van der Waals surface area (Å²) in [7, 11) is 0. The Morgan fingerprint density at radius 3 is 2.53 bits per heavy atom. The number of hydrogen-bond acceptors (Lipinski definition) is 1. The van der Waals surface area contributed by atoms with Crippen LogP contribution >= 0.6 is 11.6 Å². The van der Waals surface area contributed by atoms with Gasteiger partial charge in [-0.2, -0.15) is 0 Å². The molecular weight excluding hydrogens is 261 g/mol. The van der Waals surface area contributed by atoms with E-state index in [1.54, 1.807) is 12.1 Å². The lowest BCUT2D eigenvalue weighted by Crippen LogP contribution is -2.07. The summed E-state index contributed by atoms with van der Waals surface area (Å²) in [6.07, 6.45) is 0.925. The van der Waals surface area contributed by atoms with Gasteiger partial charge in [0, 0.05) is 6.54 Å². The molecule has 0 aliphatic rings. The molecule has 0 bridgehead atoms. The molecule has 1 N–H and O–H groups in total. The lowest BCUT2D eigenvalue weighted by Gasteiger charge is -2.14. The summed E-state index contributed by atoms with van der Waals surface area (Å²) in [5, 5.41) is 3.50. The van der Waals surface area contributed by atoms with Crippen molar-refractivity contribution in [1.82, 2.24) is 0 Å². The Morgan fingerprint density at radius 1 is 1.11 bits per heavy atom. The lowest BCUT2D eigenvalue weighted by atomic mass is 9.98. The summed E-state index contributed by atoms with van der Waals surface area (Å²) in [6, 6.07) is 15.0. The first-order chi connectivity index (χ1) is 9.18. The van der Waals surface area contributed by atoms with Gasteiger partial charge in [0.25, 0.3) is 0 Å². The van der Waals surface area contributed by atoms with Gasteiger partial charge in [-0.05, 0) is 30.0 Å². The highest BCUT2D eigenvalue weighted by atomic mass is 35.5. The van der Waals surface area contributed by atoms with Crippen LogP contribution in [0.3, 0.4) is 0 Å². The van der Waals surface area contributed by atoms with Crippen LogP contribution in [0.2, 0.25) is 5.02 Å². The van der Waals surface area contributed by atoms with E-state index in [1.807, 2.05) is 18.2 Å². The molecule has 0 amide bonds. The molecule has 0 spiro atoms. The normalized spacial score (nSPS) is 12.2. The average molecular weight is 278 g/mol. The van der Waals surface area contributed by atoms with Crippen LogP contribution in [0, 0.1) is 5.82 Å². The van der Waals surface area contributed by atoms with Crippen LogP contribution in [0.25, 0.3) is 0 Å². The van der Waals surface area contributed by atoms with Gasteiger partial charge in [-0.3, -0.25) is 0 Å². The molecule has 0 saturated heterocycles. The van der Waals surface area contributed by atoms with Crippen molar-refractivity contribution in [2.24, 2.45) is 0 Å². The van der Waals surface area contributed by atoms with Gasteiger partial charge in [0.2, 0.25) is 0 Å². The Balaban J connectivity index is 1.90. The van der Waals surface area contributed by atoms with Gasteiger partial charge in [0.05, 0.1) is 10.7 Å². The molecule has 2 aromatic rings. The average Bonchev–Trinajstić information content (AvgIpc) is 2.43. The molecule has 100 valence electrons. The summed E-state index contributed by atoms with van der Waals surface area (Å²) >= 11 is 5.96. The first kappa shape index (κ1) is 13.9. The minimum atomic E-state index is -0.306. The molecule has 1 unspecified atom stereocenters. The Morgan fingerprint density at radius 2 is 1.84 bits per heavy atom. The fourth-order valence-electron chi connectivity index (χ4n) is 2.03. The molecule has 2 rings (SSSR count). The number of benzene rings is 2. The minimum Gasteiger partial charge on any atom is -0.381 e. The van der Waals surface area contributed by atoms with Crippen LogP contribution in [0.5, 0.6) is 0 Å². The molecule has 2 aromatic carbocycles. The van der Waals surface area contributed by atoms with Gasteiger partial charge in [0.1, 0.15) is 5.82 Å². The summed E-state index contributed by atoms with van der Waals surface area (Å²) in [5.41, 5.74) is 1.69. The number of rotatable bonds is 5.